The van der Waals surface area contributed by atoms with Crippen LogP contribution in [0.15, 0.2) is 23.6 Å². The Morgan fingerprint density at radius 1 is 1.27 bits per heavy atom. The van der Waals surface area contributed by atoms with Crippen molar-refractivity contribution < 1.29 is 23.1 Å². The van der Waals surface area contributed by atoms with Crippen LogP contribution in [0.2, 0.25) is 0 Å². The molecule has 6 nitrogen and oxygen atoms in total. The summed E-state index contributed by atoms with van der Waals surface area (Å²) in [6, 6.07) is 3.46. The topological polar surface area (TPSA) is 80.3 Å². The molecule has 0 saturated carbocycles. The molecule has 1 heterocycles. The molecule has 0 aliphatic rings. The third-order valence-corrected chi connectivity index (χ3v) is 4.20. The number of hydrogen-bond acceptors (Lipinski definition) is 6. The van der Waals surface area contributed by atoms with Crippen molar-refractivity contribution in [1.29, 1.82) is 0 Å². The molecule has 2 rings (SSSR count). The van der Waals surface area contributed by atoms with Crippen LogP contribution in [0.5, 0.6) is 0 Å². The van der Waals surface area contributed by atoms with Gasteiger partial charge in [0.15, 0.2) is 16.8 Å². The molecule has 1 aromatic heterocycles. The fourth-order valence-electron chi connectivity index (χ4n) is 1.97. The average molecular weight is 383 g/mol. The summed E-state index contributed by atoms with van der Waals surface area (Å²) in [4.78, 5) is 28.0. The molecule has 2 N–H and O–H groups in total. The van der Waals surface area contributed by atoms with E-state index in [0.717, 1.165) is 23.5 Å². The molecule has 0 aliphatic carbocycles. The largest absolute Gasteiger partial charge is 0.465 e. The maximum absolute atomic E-state index is 13.3. The summed E-state index contributed by atoms with van der Waals surface area (Å²) in [6.07, 6.45) is 0. The average Bonchev–Trinajstić information content (AvgIpc) is 3.04. The van der Waals surface area contributed by atoms with Crippen LogP contribution >= 0.6 is 11.3 Å². The van der Waals surface area contributed by atoms with Crippen LogP contribution in [0.1, 0.15) is 20.8 Å². The number of carbonyl (C=O) groups is 2. The molecule has 0 aliphatic heterocycles. The van der Waals surface area contributed by atoms with Crippen LogP contribution in [-0.2, 0) is 14.3 Å². The lowest BCUT2D eigenvalue weighted by molar-refractivity contribution is -0.149. The van der Waals surface area contributed by atoms with E-state index in [0.29, 0.717) is 16.4 Å². The van der Waals surface area contributed by atoms with Gasteiger partial charge in [-0.05, 0) is 39.0 Å². The van der Waals surface area contributed by atoms with Gasteiger partial charge in [0.05, 0.1) is 18.8 Å². The van der Waals surface area contributed by atoms with E-state index >= 15 is 0 Å². The van der Waals surface area contributed by atoms with Gasteiger partial charge >= 0.3 is 5.97 Å². The van der Waals surface area contributed by atoms with E-state index in [1.807, 2.05) is 0 Å². The Kier molecular flexibility index (Phi) is 6.38. The number of halogens is 2. The number of amides is 1. The second-order valence-electron chi connectivity index (χ2n) is 5.91. The minimum Gasteiger partial charge on any atom is -0.465 e. The zero-order valence-electron chi connectivity index (χ0n) is 14.6. The third kappa shape index (κ3) is 5.06. The number of nitrogens with zero attached hydrogens (tertiary/aromatic N) is 1. The lowest BCUT2D eigenvalue weighted by atomic mass is 10.1. The van der Waals surface area contributed by atoms with Crippen LogP contribution in [-0.4, -0.2) is 35.6 Å². The zero-order valence-corrected chi connectivity index (χ0v) is 15.4. The van der Waals surface area contributed by atoms with Crippen molar-refractivity contribution >= 4 is 28.3 Å². The first kappa shape index (κ1) is 19.9. The SMILES string of the molecule is CCOC(=O)C(C)(C)NCC(=O)Nc1nc(-c2ccc(F)c(F)c2)cs1. The van der Waals surface area contributed by atoms with Gasteiger partial charge in [-0.25, -0.2) is 13.8 Å². The van der Waals surface area contributed by atoms with E-state index in [-0.39, 0.29) is 13.2 Å². The number of anilines is 1. The zero-order chi connectivity index (χ0) is 19.3. The summed E-state index contributed by atoms with van der Waals surface area (Å²) in [5, 5.41) is 7.34. The van der Waals surface area contributed by atoms with Crippen LogP contribution < -0.4 is 10.6 Å². The fourth-order valence-corrected chi connectivity index (χ4v) is 2.70. The lowest BCUT2D eigenvalue weighted by Gasteiger charge is -2.23. The molecular weight excluding hydrogens is 364 g/mol. The molecule has 140 valence electrons. The van der Waals surface area contributed by atoms with Crippen molar-refractivity contribution in [2.75, 3.05) is 18.5 Å². The molecule has 1 amide bonds. The van der Waals surface area contributed by atoms with Crippen LogP contribution in [0.4, 0.5) is 13.9 Å². The summed E-state index contributed by atoms with van der Waals surface area (Å²) in [5.41, 5.74) is -0.182. The summed E-state index contributed by atoms with van der Waals surface area (Å²) in [5.74, 6) is -2.75. The fraction of sp³-hybridized carbons (Fsp3) is 0.353. The predicted octanol–water partition coefficient (Wildman–Crippen LogP) is 2.96. The standard InChI is InChI=1S/C17H19F2N3O3S/c1-4-25-15(24)17(2,3)20-8-14(23)22-16-21-13(9-26-16)10-5-6-11(18)12(19)7-10/h5-7,9,20H,4,8H2,1-3H3,(H,21,22,23). The summed E-state index contributed by atoms with van der Waals surface area (Å²) >= 11 is 1.15. The van der Waals surface area contributed by atoms with Crippen molar-refractivity contribution in [3.05, 3.63) is 35.2 Å². The van der Waals surface area contributed by atoms with Crippen LogP contribution in [0.25, 0.3) is 11.3 Å². The smallest absolute Gasteiger partial charge is 0.325 e. The molecule has 0 spiro atoms. The van der Waals surface area contributed by atoms with Gasteiger partial charge in [0.1, 0.15) is 5.54 Å². The number of thiazole rings is 1. The normalized spacial score (nSPS) is 11.3. The van der Waals surface area contributed by atoms with E-state index in [1.165, 1.54) is 6.07 Å². The Balaban J connectivity index is 1.95. The van der Waals surface area contributed by atoms with Crippen LogP contribution in [0, 0.1) is 11.6 Å². The summed E-state index contributed by atoms with van der Waals surface area (Å²) in [7, 11) is 0. The Morgan fingerprint density at radius 3 is 2.65 bits per heavy atom. The molecule has 26 heavy (non-hydrogen) atoms. The number of hydrogen-bond donors (Lipinski definition) is 2. The first-order chi connectivity index (χ1) is 12.2. The maximum Gasteiger partial charge on any atom is 0.325 e. The van der Waals surface area contributed by atoms with E-state index < -0.39 is 29.0 Å². The minimum absolute atomic E-state index is 0.119. The van der Waals surface area contributed by atoms with Gasteiger partial charge in [0.2, 0.25) is 5.91 Å². The van der Waals surface area contributed by atoms with E-state index in [1.54, 1.807) is 26.2 Å². The Bertz CT molecular complexity index is 808. The van der Waals surface area contributed by atoms with Crippen LogP contribution in [0.3, 0.4) is 0 Å². The van der Waals surface area contributed by atoms with Gasteiger partial charge in [-0.15, -0.1) is 11.3 Å². The first-order valence-corrected chi connectivity index (χ1v) is 8.74. The van der Waals surface area contributed by atoms with Gasteiger partial charge in [-0.1, -0.05) is 0 Å². The van der Waals surface area contributed by atoms with E-state index in [2.05, 4.69) is 15.6 Å². The monoisotopic (exact) mass is 383 g/mol. The number of aromatic nitrogens is 1. The molecule has 0 radical (unpaired) electrons. The molecule has 0 atom stereocenters. The second kappa shape index (κ2) is 8.33. The highest BCUT2D eigenvalue weighted by molar-refractivity contribution is 7.14. The number of ether oxygens (including phenoxy) is 1. The number of carbonyl (C=O) groups excluding carboxylic acids is 2. The quantitative estimate of drug-likeness (QED) is 0.719. The molecular formula is C17H19F2N3O3S. The number of benzene rings is 1. The Labute approximate surface area is 153 Å². The minimum atomic E-state index is -1.01. The molecule has 9 heteroatoms. The number of nitrogens with one attached hydrogen (secondary N) is 2. The molecule has 0 fully saturated rings. The molecule has 0 unspecified atom stereocenters. The summed E-state index contributed by atoms with van der Waals surface area (Å²) < 4.78 is 31.2. The maximum atomic E-state index is 13.3. The van der Waals surface area contributed by atoms with Crippen molar-refractivity contribution in [2.24, 2.45) is 0 Å². The van der Waals surface area contributed by atoms with Crippen molar-refractivity contribution in [3.63, 3.8) is 0 Å². The lowest BCUT2D eigenvalue weighted by Crippen LogP contribution is -2.50. The Hall–Kier alpha value is -2.39. The first-order valence-electron chi connectivity index (χ1n) is 7.86. The van der Waals surface area contributed by atoms with Gasteiger partial charge in [-0.3, -0.25) is 14.9 Å². The van der Waals surface area contributed by atoms with Crippen molar-refractivity contribution in [1.82, 2.24) is 10.3 Å². The number of esters is 1. The van der Waals surface area contributed by atoms with Gasteiger partial charge < -0.3 is 10.1 Å². The van der Waals surface area contributed by atoms with Gasteiger partial charge in [-0.2, -0.15) is 0 Å². The molecule has 2 aromatic rings. The van der Waals surface area contributed by atoms with Gasteiger partial charge in [0.25, 0.3) is 0 Å². The molecule has 0 saturated heterocycles. The Morgan fingerprint density at radius 2 is 2.00 bits per heavy atom. The van der Waals surface area contributed by atoms with E-state index in [4.69, 9.17) is 4.74 Å². The number of rotatable bonds is 7. The highest BCUT2D eigenvalue weighted by Crippen LogP contribution is 2.26. The summed E-state index contributed by atoms with van der Waals surface area (Å²) in [6.45, 7) is 5.06. The molecule has 1 aromatic carbocycles. The predicted molar refractivity (Wildman–Crippen MR) is 94.8 cm³/mol. The highest BCUT2D eigenvalue weighted by Gasteiger charge is 2.29. The third-order valence-electron chi connectivity index (χ3n) is 3.44. The highest BCUT2D eigenvalue weighted by atomic mass is 32.1. The van der Waals surface area contributed by atoms with Crippen molar-refractivity contribution in [2.45, 2.75) is 26.3 Å². The van der Waals surface area contributed by atoms with Gasteiger partial charge in [0, 0.05) is 10.9 Å². The molecule has 0 bridgehead atoms. The second-order valence-corrected chi connectivity index (χ2v) is 6.77. The van der Waals surface area contributed by atoms with Crippen molar-refractivity contribution in [3.8, 4) is 11.3 Å². The van der Waals surface area contributed by atoms with E-state index in [9.17, 15) is 18.4 Å².